The van der Waals surface area contributed by atoms with E-state index < -0.39 is 55.5 Å². The van der Waals surface area contributed by atoms with Gasteiger partial charge < -0.3 is 49.6 Å². The van der Waals surface area contributed by atoms with Crippen LogP contribution in [0.4, 0.5) is 0 Å². The minimum Gasteiger partial charge on any atom is -0.394 e. The van der Waals surface area contributed by atoms with Crippen molar-refractivity contribution < 1.29 is 49.6 Å². The monoisotopic (exact) mass is 340 g/mol. The Bertz CT molecular complexity index is 391. The summed E-state index contributed by atoms with van der Waals surface area (Å²) in [7, 11) is 0. The first-order valence-corrected chi connectivity index (χ1v) is 7.30. The summed E-state index contributed by atoms with van der Waals surface area (Å²) in [6.07, 6.45) is -7.08. The summed E-state index contributed by atoms with van der Waals surface area (Å²) in [6.45, 7) is 2.96. The van der Waals surface area contributed by atoms with E-state index in [9.17, 15) is 5.11 Å². The Morgan fingerprint density at radius 1 is 0.739 bits per heavy atom. The Balaban J connectivity index is 0.000000174. The Hall–Kier alpha value is -0.400. The third-order valence-electron chi connectivity index (χ3n) is 3.82. The normalized spacial score (nSPS) is 48.0. The van der Waals surface area contributed by atoms with Gasteiger partial charge in [-0.3, -0.25) is 0 Å². The highest BCUT2D eigenvalue weighted by atomic mass is 16.8. The van der Waals surface area contributed by atoms with Crippen LogP contribution in [0.3, 0.4) is 0 Å². The van der Waals surface area contributed by atoms with Crippen molar-refractivity contribution >= 4 is 0 Å². The van der Waals surface area contributed by atoms with E-state index in [1.807, 2.05) is 0 Å². The highest BCUT2D eigenvalue weighted by Gasteiger charge is 2.54. The van der Waals surface area contributed by atoms with Crippen LogP contribution >= 0.6 is 0 Å². The second kappa shape index (κ2) is 7.23. The molecule has 0 amide bonds. The fourth-order valence-electron chi connectivity index (χ4n) is 2.69. The average molecular weight is 340 g/mol. The predicted molar refractivity (Wildman–Crippen MR) is 71.8 cm³/mol. The van der Waals surface area contributed by atoms with Crippen LogP contribution in [0.5, 0.6) is 0 Å². The van der Waals surface area contributed by atoms with Gasteiger partial charge in [0.25, 0.3) is 0 Å². The van der Waals surface area contributed by atoms with Gasteiger partial charge >= 0.3 is 0 Å². The molecule has 0 bridgehead atoms. The smallest absolute Gasteiger partial charge is 0.184 e. The van der Waals surface area contributed by atoms with Crippen LogP contribution in [0.2, 0.25) is 0 Å². The highest BCUT2D eigenvalue weighted by molar-refractivity contribution is 4.94. The Kier molecular flexibility index (Phi) is 5.95. The lowest BCUT2D eigenvalue weighted by atomic mass is 10.1. The van der Waals surface area contributed by atoms with Crippen molar-refractivity contribution in [1.82, 2.24) is 0 Å². The molecule has 3 fully saturated rings. The van der Waals surface area contributed by atoms with Crippen molar-refractivity contribution in [2.75, 3.05) is 13.2 Å². The van der Waals surface area contributed by atoms with E-state index in [0.717, 1.165) is 0 Å². The first-order chi connectivity index (χ1) is 10.7. The Morgan fingerprint density at radius 2 is 1.26 bits per heavy atom. The van der Waals surface area contributed by atoms with Gasteiger partial charge in [-0.25, -0.2) is 0 Å². The van der Waals surface area contributed by atoms with Gasteiger partial charge in [0.15, 0.2) is 18.4 Å². The maximum Gasteiger partial charge on any atom is 0.184 e. The second-order valence-electron chi connectivity index (χ2n) is 6.04. The summed E-state index contributed by atoms with van der Waals surface area (Å²) >= 11 is 0. The SMILES string of the molecule is CC1(C)O[C@@H]2[C@@H](CO)OC(O)[C@@H]2O1.OC[C@H]1OC(O)[C@H](O)[C@@H]1O. The van der Waals surface area contributed by atoms with Crippen molar-refractivity contribution in [1.29, 1.82) is 0 Å². The van der Waals surface area contributed by atoms with Gasteiger partial charge in [-0.05, 0) is 13.8 Å². The number of aliphatic hydroxyl groups is 6. The molecule has 3 rings (SSSR count). The van der Waals surface area contributed by atoms with Gasteiger partial charge in [0.05, 0.1) is 13.2 Å². The maximum absolute atomic E-state index is 9.39. The van der Waals surface area contributed by atoms with Crippen molar-refractivity contribution in [3.05, 3.63) is 0 Å². The molecule has 0 saturated carbocycles. The molecule has 0 aromatic rings. The topological polar surface area (TPSA) is 158 Å². The van der Waals surface area contributed by atoms with Crippen molar-refractivity contribution in [2.24, 2.45) is 0 Å². The molecule has 0 aliphatic carbocycles. The zero-order valence-corrected chi connectivity index (χ0v) is 12.8. The molecule has 0 aromatic heterocycles. The molecule has 3 saturated heterocycles. The minimum atomic E-state index is -1.38. The summed E-state index contributed by atoms with van der Waals surface area (Å²) in [4.78, 5) is 0. The van der Waals surface area contributed by atoms with E-state index in [1.54, 1.807) is 13.8 Å². The molecule has 3 heterocycles. The van der Waals surface area contributed by atoms with Crippen LogP contribution in [-0.2, 0) is 18.9 Å². The number of hydrogen-bond donors (Lipinski definition) is 6. The second-order valence-corrected chi connectivity index (χ2v) is 6.04. The molecular weight excluding hydrogens is 316 g/mol. The van der Waals surface area contributed by atoms with Crippen LogP contribution in [0.1, 0.15) is 13.8 Å². The van der Waals surface area contributed by atoms with Crippen LogP contribution < -0.4 is 0 Å². The van der Waals surface area contributed by atoms with Gasteiger partial charge in [-0.15, -0.1) is 0 Å². The van der Waals surface area contributed by atoms with Crippen LogP contribution in [0, 0.1) is 0 Å². The van der Waals surface area contributed by atoms with E-state index in [0.29, 0.717) is 0 Å². The summed E-state index contributed by atoms with van der Waals surface area (Å²) in [5.41, 5.74) is 0. The predicted octanol–water partition coefficient (Wildman–Crippen LogP) is -3.37. The van der Waals surface area contributed by atoms with Gasteiger partial charge in [0, 0.05) is 0 Å². The Morgan fingerprint density at radius 3 is 1.70 bits per heavy atom. The molecule has 0 aromatic carbocycles. The number of aliphatic hydroxyl groups excluding tert-OH is 6. The molecule has 23 heavy (non-hydrogen) atoms. The summed E-state index contributed by atoms with van der Waals surface area (Å²) in [5, 5.41) is 53.3. The average Bonchev–Trinajstić information content (AvgIpc) is 3.05. The van der Waals surface area contributed by atoms with Crippen LogP contribution in [-0.4, -0.2) is 98.8 Å². The largest absolute Gasteiger partial charge is 0.394 e. The molecule has 10 heteroatoms. The number of ether oxygens (including phenoxy) is 4. The molecule has 6 N–H and O–H groups in total. The number of hydrogen-bond acceptors (Lipinski definition) is 10. The van der Waals surface area contributed by atoms with E-state index in [2.05, 4.69) is 4.74 Å². The zero-order chi connectivity index (χ0) is 17.4. The lowest BCUT2D eigenvalue weighted by Gasteiger charge is -2.21. The standard InChI is InChI=1S/C8H14O5.C5H10O5/c1-8(2)12-5-4(3-9)11-7(10)6(5)13-8;6-1-2-3(7)4(8)5(9)10-2/h4-7,9-10H,3H2,1-2H3;2-9H,1H2/t4-,5-,6-,7?;2-,3-,4-,5?/m11/s1. The van der Waals surface area contributed by atoms with Crippen molar-refractivity contribution in [3.8, 4) is 0 Å². The molecule has 0 radical (unpaired) electrons. The van der Waals surface area contributed by atoms with E-state index in [4.69, 9.17) is 39.7 Å². The Labute approximate surface area is 132 Å². The molecular formula is C13H24O10. The summed E-state index contributed by atoms with van der Waals surface area (Å²) in [5.74, 6) is -0.701. The van der Waals surface area contributed by atoms with Crippen molar-refractivity contribution in [2.45, 2.75) is 68.8 Å². The van der Waals surface area contributed by atoms with E-state index in [-0.39, 0.29) is 12.7 Å². The van der Waals surface area contributed by atoms with Gasteiger partial charge in [-0.2, -0.15) is 0 Å². The first kappa shape index (κ1) is 18.9. The molecule has 2 unspecified atom stereocenters. The molecule has 10 nitrogen and oxygen atoms in total. The molecule has 3 aliphatic rings. The molecule has 136 valence electrons. The summed E-state index contributed by atoms with van der Waals surface area (Å²) in [6, 6.07) is 0. The third kappa shape index (κ3) is 3.99. The minimum absolute atomic E-state index is 0.169. The van der Waals surface area contributed by atoms with Gasteiger partial charge in [0.2, 0.25) is 0 Å². The lowest BCUT2D eigenvalue weighted by molar-refractivity contribution is -0.223. The number of rotatable bonds is 2. The fraction of sp³-hybridized carbons (Fsp3) is 1.00. The first-order valence-electron chi connectivity index (χ1n) is 7.30. The van der Waals surface area contributed by atoms with Crippen LogP contribution in [0.25, 0.3) is 0 Å². The van der Waals surface area contributed by atoms with Gasteiger partial charge in [-0.1, -0.05) is 0 Å². The van der Waals surface area contributed by atoms with Crippen molar-refractivity contribution in [3.63, 3.8) is 0 Å². The quantitative estimate of drug-likeness (QED) is 0.300. The third-order valence-corrected chi connectivity index (χ3v) is 3.82. The molecule has 3 aliphatic heterocycles. The number of fused-ring (bicyclic) bond motifs is 1. The maximum atomic E-state index is 9.39. The fourth-order valence-corrected chi connectivity index (χ4v) is 2.69. The summed E-state index contributed by atoms with van der Waals surface area (Å²) < 4.78 is 20.5. The zero-order valence-electron chi connectivity index (χ0n) is 12.8. The van der Waals surface area contributed by atoms with E-state index in [1.165, 1.54) is 0 Å². The molecule has 0 spiro atoms. The van der Waals surface area contributed by atoms with E-state index >= 15 is 0 Å². The van der Waals surface area contributed by atoms with Gasteiger partial charge in [0.1, 0.15) is 36.6 Å². The lowest BCUT2D eigenvalue weighted by Crippen LogP contribution is -2.33. The van der Waals surface area contributed by atoms with Crippen LogP contribution in [0.15, 0.2) is 0 Å². The molecule has 8 atom stereocenters. The highest BCUT2D eigenvalue weighted by Crippen LogP contribution is 2.37.